The average Bonchev–Trinajstić information content (AvgIpc) is 3.78. The molecule has 0 aromatic heterocycles. The molecular formula is C49H52N4Na2O12S3. The zero-order chi connectivity index (χ0) is 49.6. The normalized spacial score (nSPS) is 16.5. The van der Waals surface area contributed by atoms with Crippen LogP contribution < -0.4 is 69.3 Å². The van der Waals surface area contributed by atoms with E-state index in [0.29, 0.717) is 37.7 Å². The van der Waals surface area contributed by atoms with E-state index < -0.39 is 47.4 Å². The molecule has 70 heavy (non-hydrogen) atoms. The van der Waals surface area contributed by atoms with E-state index in [1.165, 1.54) is 29.8 Å². The topological polar surface area (TPSA) is 238 Å². The predicted molar refractivity (Wildman–Crippen MR) is 255 cm³/mol. The first-order chi connectivity index (χ1) is 32.0. The van der Waals surface area contributed by atoms with Crippen molar-refractivity contribution in [3.05, 3.63) is 126 Å². The van der Waals surface area contributed by atoms with Crippen molar-refractivity contribution in [2.75, 3.05) is 36.8 Å². The van der Waals surface area contributed by atoms with E-state index in [4.69, 9.17) is 12.6 Å². The third-order valence-electron chi connectivity index (χ3n) is 12.4. The Balaban J connectivity index is 0.00000171. The molecule has 16 nitrogen and oxygen atoms in total. The van der Waals surface area contributed by atoms with Gasteiger partial charge in [0, 0.05) is 78.8 Å². The molecule has 3 heterocycles. The maximum absolute atomic E-state index is 12.6. The Hall–Kier alpha value is -4.12. The number of nitrogens with zero attached hydrogens (tertiary/aromatic N) is 3. The van der Waals surface area contributed by atoms with Crippen LogP contribution in [-0.2, 0) is 56.1 Å². The molecule has 7 rings (SSSR count). The molecule has 0 radical (unpaired) electrons. The maximum Gasteiger partial charge on any atom is 1.00 e. The molecule has 3 amide bonds. The van der Waals surface area contributed by atoms with Crippen LogP contribution in [-0.4, -0.2) is 103 Å². The van der Waals surface area contributed by atoms with Crippen LogP contribution in [0.2, 0.25) is 0 Å². The Morgan fingerprint density at radius 2 is 1.44 bits per heavy atom. The maximum atomic E-state index is 12.6. The minimum absolute atomic E-state index is 0. The van der Waals surface area contributed by atoms with Crippen LogP contribution in [0.1, 0.15) is 77.3 Å². The number of amides is 3. The van der Waals surface area contributed by atoms with Gasteiger partial charge in [-0.3, -0.25) is 19.3 Å². The summed E-state index contributed by atoms with van der Waals surface area (Å²) in [5.41, 5.74) is 5.28. The van der Waals surface area contributed by atoms with Crippen molar-refractivity contribution in [1.29, 1.82) is 0 Å². The van der Waals surface area contributed by atoms with Crippen molar-refractivity contribution in [2.24, 2.45) is 0 Å². The first-order valence-electron chi connectivity index (χ1n) is 22.0. The van der Waals surface area contributed by atoms with Crippen LogP contribution in [0.4, 0.5) is 11.4 Å². The monoisotopic (exact) mass is 1030 g/mol. The number of benzene rings is 4. The summed E-state index contributed by atoms with van der Waals surface area (Å²) in [4.78, 5) is 39.2. The standard InChI is InChI=1S/C49H54N4O9S2.2Na.O3S/c1-48(2)41(52(30-13-14-32-63(57,58)59)39-24-20-34-15-10-11-16-37(34)46(39)48)17-7-5-8-18-42-49(3,4)47-38-23-22-36(64(60,61)62)33-35(38)21-25-40(47)51(42)29-12-6-9-19-43(54)50-28-31-53-44(55)26-27-45(53)56;;;1-4(2)3/h5,7-8,11,15-18,20-27,33H,6,9,12-14,19,28-32H2,1-4H3,(H,50,54)(H,57,58,59)(H,60,61,62);;;/q;2*+1;/p-2. The van der Waals surface area contributed by atoms with Gasteiger partial charge >= 0.3 is 69.7 Å². The van der Waals surface area contributed by atoms with Crippen molar-refractivity contribution >= 4 is 87.2 Å². The molecule has 4 aromatic rings. The van der Waals surface area contributed by atoms with Gasteiger partial charge in [-0.15, -0.1) is 29.5 Å². The van der Waals surface area contributed by atoms with Gasteiger partial charge < -0.3 is 19.3 Å². The molecule has 3 aliphatic heterocycles. The Morgan fingerprint density at radius 1 is 0.771 bits per heavy atom. The van der Waals surface area contributed by atoms with Crippen LogP contribution in [0.25, 0.3) is 21.5 Å². The van der Waals surface area contributed by atoms with E-state index in [2.05, 4.69) is 78.9 Å². The van der Waals surface area contributed by atoms with Crippen LogP contribution in [0.15, 0.2) is 114 Å². The number of hydrogen-bond acceptors (Lipinski definition) is 13. The third-order valence-corrected chi connectivity index (χ3v) is 14.0. The number of fused-ring (bicyclic) bond motifs is 6. The number of rotatable bonds is 18. The molecule has 3 aliphatic rings. The van der Waals surface area contributed by atoms with Gasteiger partial charge in [0.1, 0.15) is 16.7 Å². The van der Waals surface area contributed by atoms with Gasteiger partial charge in [0.25, 0.3) is 11.8 Å². The molecular weight excluding hydrogens is 979 g/mol. The molecule has 0 atom stereocenters. The Labute approximate surface area is 454 Å². The fourth-order valence-electron chi connectivity index (χ4n) is 9.37. The summed E-state index contributed by atoms with van der Waals surface area (Å²) < 4.78 is 97.4. The Bertz CT molecular complexity index is 3160. The molecule has 0 aliphatic carbocycles. The summed E-state index contributed by atoms with van der Waals surface area (Å²) in [7, 11) is -12.1. The van der Waals surface area contributed by atoms with E-state index in [-0.39, 0.29) is 101 Å². The van der Waals surface area contributed by atoms with Gasteiger partial charge in [0.2, 0.25) is 11.6 Å². The van der Waals surface area contributed by atoms with Gasteiger partial charge in [0.15, 0.2) is 5.71 Å². The van der Waals surface area contributed by atoms with Crippen molar-refractivity contribution in [2.45, 2.75) is 81.9 Å². The van der Waals surface area contributed by atoms with Crippen LogP contribution in [0, 0.1) is 6.07 Å². The average molecular weight is 1030 g/mol. The number of imide groups is 1. The van der Waals surface area contributed by atoms with Gasteiger partial charge in [-0.2, -0.15) is 28.8 Å². The van der Waals surface area contributed by atoms with Crippen molar-refractivity contribution in [3.63, 3.8) is 0 Å². The van der Waals surface area contributed by atoms with E-state index in [9.17, 15) is 40.3 Å². The largest absolute Gasteiger partial charge is 1.00 e. The van der Waals surface area contributed by atoms with E-state index >= 15 is 0 Å². The Kier molecular flexibility index (Phi) is 20.5. The number of nitrogens with one attached hydrogen (secondary N) is 1. The SMILES string of the molecule is CC1(C)C(=CC=CC=CC2=[N+](CCCCS(=O)(=O)[O-])c3ccc4c[c-]ccc4c3C2(C)C)N(CCCCCC(=O)NCCN2C(=O)C=CC2=O)c2ccc3cc(S(=O)(=O)[O-])ccc3c21.O=S(=O)=O.[Na+].[Na+]. The number of allylic oxidation sites excluding steroid dienone is 6. The zero-order valence-electron chi connectivity index (χ0n) is 40.1. The minimum atomic E-state index is -4.65. The summed E-state index contributed by atoms with van der Waals surface area (Å²) in [5, 5.41) is 6.47. The quantitative estimate of drug-likeness (QED) is 0.0259. The molecule has 360 valence electrons. The summed E-state index contributed by atoms with van der Waals surface area (Å²) in [6.45, 7) is 10.1. The summed E-state index contributed by atoms with van der Waals surface area (Å²) in [5.74, 6) is -1.34. The third kappa shape index (κ3) is 13.9. The first kappa shape index (κ1) is 58.5. The number of anilines is 1. The minimum Gasteiger partial charge on any atom is -0.748 e. The molecule has 21 heteroatoms. The molecule has 1 N–H and O–H groups in total. The molecule has 0 spiro atoms. The molecule has 0 unspecified atom stereocenters. The first-order valence-corrected chi connectivity index (χ1v) is 26.0. The van der Waals surface area contributed by atoms with Crippen molar-refractivity contribution < 1.29 is 117 Å². The van der Waals surface area contributed by atoms with Gasteiger partial charge in [-0.25, -0.2) is 16.8 Å². The van der Waals surface area contributed by atoms with Gasteiger partial charge in [0.05, 0.1) is 20.4 Å². The second kappa shape index (κ2) is 24.5. The molecule has 4 aromatic carbocycles. The molecule has 0 saturated heterocycles. The van der Waals surface area contributed by atoms with Crippen LogP contribution >= 0.6 is 0 Å². The molecule has 0 bridgehead atoms. The van der Waals surface area contributed by atoms with Crippen molar-refractivity contribution in [1.82, 2.24) is 10.2 Å². The van der Waals surface area contributed by atoms with E-state index in [0.717, 1.165) is 62.2 Å². The van der Waals surface area contributed by atoms with Crippen LogP contribution in [0.5, 0.6) is 0 Å². The van der Waals surface area contributed by atoms with Crippen molar-refractivity contribution in [3.8, 4) is 0 Å². The second-order valence-electron chi connectivity index (χ2n) is 17.6. The second-order valence-corrected chi connectivity index (χ2v) is 20.9. The number of carbonyl (C=O) groups excluding carboxylic acids is 3. The summed E-state index contributed by atoms with van der Waals surface area (Å²) in [6, 6.07) is 21.5. The number of unbranched alkanes of at least 4 members (excludes halogenated alkanes) is 3. The van der Waals surface area contributed by atoms with Crippen LogP contribution in [0.3, 0.4) is 0 Å². The van der Waals surface area contributed by atoms with Gasteiger partial charge in [-0.1, -0.05) is 50.6 Å². The molecule has 0 fully saturated rings. The van der Waals surface area contributed by atoms with E-state index in [1.54, 1.807) is 6.07 Å². The molecule has 0 saturated carbocycles. The fourth-order valence-corrected chi connectivity index (χ4v) is 10.4. The summed E-state index contributed by atoms with van der Waals surface area (Å²) in [6.07, 6.45) is 15.8. The Morgan fingerprint density at radius 3 is 2.11 bits per heavy atom. The predicted octanol–water partition coefficient (Wildman–Crippen LogP) is -0.202. The number of hydrogen-bond donors (Lipinski definition) is 1. The number of carbonyl (C=O) groups is 3. The zero-order valence-corrected chi connectivity index (χ0v) is 46.5. The summed E-state index contributed by atoms with van der Waals surface area (Å²) >= 11 is 0. The van der Waals surface area contributed by atoms with E-state index in [1.807, 2.05) is 42.5 Å². The smallest absolute Gasteiger partial charge is 0.748 e. The van der Waals surface area contributed by atoms with Gasteiger partial charge in [-0.05, 0) is 79.8 Å². The fraction of sp³-hybridized carbons (Fsp3) is 0.347.